The fourth-order valence-electron chi connectivity index (χ4n) is 2.73. The molecule has 1 heterocycles. The van der Waals surface area contributed by atoms with E-state index in [2.05, 4.69) is 0 Å². The van der Waals surface area contributed by atoms with Gasteiger partial charge in [-0.1, -0.05) is 18.0 Å². The minimum absolute atomic E-state index is 0. The van der Waals surface area contributed by atoms with Crippen molar-refractivity contribution in [2.45, 2.75) is 43.2 Å². The smallest absolute Gasteiger partial charge is 0.247 e. The third-order valence-electron chi connectivity index (χ3n) is 3.82. The average molecular weight is 369 g/mol. The van der Waals surface area contributed by atoms with Gasteiger partial charge in [0.1, 0.15) is 10.6 Å². The van der Waals surface area contributed by atoms with Crippen LogP contribution in [0.3, 0.4) is 0 Å². The van der Waals surface area contributed by atoms with Gasteiger partial charge >= 0.3 is 0 Å². The van der Waals surface area contributed by atoms with E-state index in [1.807, 2.05) is 6.92 Å². The SMILES string of the molecule is COc1ccc(Cl)cc1S(=O)(=O)N1CCCCC1C(C)N.Cl. The van der Waals surface area contributed by atoms with E-state index >= 15 is 0 Å². The quantitative estimate of drug-likeness (QED) is 0.886. The van der Waals surface area contributed by atoms with Crippen LogP contribution < -0.4 is 10.5 Å². The van der Waals surface area contributed by atoms with Crippen molar-refractivity contribution in [3.8, 4) is 5.75 Å². The second-order valence-corrected chi connectivity index (χ2v) is 7.63. The van der Waals surface area contributed by atoms with Crippen molar-refractivity contribution in [2.24, 2.45) is 5.73 Å². The molecule has 126 valence electrons. The van der Waals surface area contributed by atoms with Crippen LogP contribution in [-0.2, 0) is 10.0 Å². The molecule has 5 nitrogen and oxygen atoms in total. The third-order valence-corrected chi connectivity index (χ3v) is 6.00. The second-order valence-electron chi connectivity index (χ2n) is 5.33. The van der Waals surface area contributed by atoms with Gasteiger partial charge in [-0.25, -0.2) is 8.42 Å². The number of sulfonamides is 1. The molecular formula is C14H22Cl2N2O3S. The average Bonchev–Trinajstić information content (AvgIpc) is 2.47. The standard InChI is InChI=1S/C14H21ClN2O3S.ClH/c1-10(16)12-5-3-4-8-17(12)21(18,19)14-9-11(15)6-7-13(14)20-2;/h6-7,9-10,12H,3-5,8,16H2,1-2H3;1H. The summed E-state index contributed by atoms with van der Waals surface area (Å²) in [5.74, 6) is 0.299. The summed E-state index contributed by atoms with van der Waals surface area (Å²) in [6, 6.07) is 4.21. The van der Waals surface area contributed by atoms with Gasteiger partial charge < -0.3 is 10.5 Å². The number of benzene rings is 1. The molecule has 2 rings (SSSR count). The Kier molecular flexibility index (Phi) is 6.95. The normalized spacial score (nSPS) is 21.0. The first-order valence-electron chi connectivity index (χ1n) is 6.99. The van der Waals surface area contributed by atoms with E-state index in [1.54, 1.807) is 12.1 Å². The number of hydrogen-bond acceptors (Lipinski definition) is 4. The molecule has 1 aliphatic rings. The molecule has 8 heteroatoms. The van der Waals surface area contributed by atoms with Gasteiger partial charge in [-0.15, -0.1) is 12.4 Å². The summed E-state index contributed by atoms with van der Waals surface area (Å²) in [4.78, 5) is 0.102. The molecule has 22 heavy (non-hydrogen) atoms. The van der Waals surface area contributed by atoms with E-state index in [9.17, 15) is 8.42 Å². The number of ether oxygens (including phenoxy) is 1. The molecule has 0 amide bonds. The Labute approximate surface area is 143 Å². The largest absolute Gasteiger partial charge is 0.495 e. The minimum Gasteiger partial charge on any atom is -0.495 e. The van der Waals surface area contributed by atoms with Gasteiger partial charge in [0.15, 0.2) is 0 Å². The van der Waals surface area contributed by atoms with Gasteiger partial charge in [0.25, 0.3) is 0 Å². The Morgan fingerprint density at radius 3 is 2.68 bits per heavy atom. The zero-order valence-corrected chi connectivity index (χ0v) is 15.0. The maximum Gasteiger partial charge on any atom is 0.247 e. The fraction of sp³-hybridized carbons (Fsp3) is 0.571. The molecule has 0 aromatic heterocycles. The van der Waals surface area contributed by atoms with E-state index in [-0.39, 0.29) is 29.4 Å². The van der Waals surface area contributed by atoms with Gasteiger partial charge in [-0.2, -0.15) is 4.31 Å². The van der Waals surface area contributed by atoms with Crippen molar-refractivity contribution < 1.29 is 13.2 Å². The van der Waals surface area contributed by atoms with Gasteiger partial charge in [-0.3, -0.25) is 0 Å². The van der Waals surface area contributed by atoms with Crippen LogP contribution in [0.25, 0.3) is 0 Å². The van der Waals surface area contributed by atoms with Crippen molar-refractivity contribution in [1.82, 2.24) is 4.31 Å². The van der Waals surface area contributed by atoms with Gasteiger partial charge in [0.05, 0.1) is 7.11 Å². The summed E-state index contributed by atoms with van der Waals surface area (Å²) in [6.07, 6.45) is 2.61. The molecule has 1 fully saturated rings. The highest BCUT2D eigenvalue weighted by Crippen LogP contribution is 2.33. The van der Waals surface area contributed by atoms with E-state index in [1.165, 1.54) is 17.5 Å². The molecule has 0 aliphatic carbocycles. The second kappa shape index (κ2) is 7.84. The maximum absolute atomic E-state index is 13.0. The highest BCUT2D eigenvalue weighted by molar-refractivity contribution is 7.89. The summed E-state index contributed by atoms with van der Waals surface area (Å²) in [7, 11) is -2.23. The Morgan fingerprint density at radius 1 is 1.41 bits per heavy atom. The van der Waals surface area contributed by atoms with Crippen LogP contribution in [0.4, 0.5) is 0 Å². The molecule has 2 N–H and O–H groups in total. The molecule has 0 spiro atoms. The molecule has 0 bridgehead atoms. The molecule has 2 atom stereocenters. The first-order chi connectivity index (χ1) is 9.87. The summed E-state index contributed by atoms with van der Waals surface area (Å²) in [5, 5.41) is 0.365. The Morgan fingerprint density at radius 2 is 2.09 bits per heavy atom. The van der Waals surface area contributed by atoms with Crippen LogP contribution in [-0.4, -0.2) is 38.5 Å². The van der Waals surface area contributed by atoms with Crippen LogP contribution >= 0.6 is 24.0 Å². The van der Waals surface area contributed by atoms with E-state index in [0.717, 1.165) is 19.3 Å². The van der Waals surface area contributed by atoms with E-state index in [0.29, 0.717) is 17.3 Å². The molecular weight excluding hydrogens is 347 g/mol. The van der Waals surface area contributed by atoms with Crippen LogP contribution in [0.1, 0.15) is 26.2 Å². The first-order valence-corrected chi connectivity index (χ1v) is 8.80. The number of piperidine rings is 1. The van der Waals surface area contributed by atoms with Crippen LogP contribution in [0.2, 0.25) is 5.02 Å². The topological polar surface area (TPSA) is 72.6 Å². The lowest BCUT2D eigenvalue weighted by Crippen LogP contribution is -2.51. The fourth-order valence-corrected chi connectivity index (χ4v) is 4.93. The van der Waals surface area contributed by atoms with Crippen molar-refractivity contribution in [2.75, 3.05) is 13.7 Å². The Balaban J connectivity index is 0.00000242. The lowest BCUT2D eigenvalue weighted by atomic mass is 10.00. The number of hydrogen-bond donors (Lipinski definition) is 1. The van der Waals surface area contributed by atoms with E-state index < -0.39 is 10.0 Å². The van der Waals surface area contributed by atoms with Gasteiger partial charge in [0, 0.05) is 23.7 Å². The molecule has 1 aliphatic heterocycles. The Hall–Kier alpha value is -0.530. The summed E-state index contributed by atoms with van der Waals surface area (Å²) >= 11 is 5.95. The summed E-state index contributed by atoms with van der Waals surface area (Å²) in [5.41, 5.74) is 5.97. The zero-order valence-electron chi connectivity index (χ0n) is 12.7. The van der Waals surface area contributed by atoms with Crippen molar-refractivity contribution in [3.63, 3.8) is 0 Å². The highest BCUT2D eigenvalue weighted by atomic mass is 35.5. The number of rotatable bonds is 4. The lowest BCUT2D eigenvalue weighted by Gasteiger charge is -2.37. The highest BCUT2D eigenvalue weighted by Gasteiger charge is 2.36. The molecule has 0 radical (unpaired) electrons. The van der Waals surface area contributed by atoms with Crippen LogP contribution in [0.5, 0.6) is 5.75 Å². The molecule has 0 saturated carbocycles. The first kappa shape index (κ1) is 19.5. The predicted molar refractivity (Wildman–Crippen MR) is 90.4 cm³/mol. The van der Waals surface area contributed by atoms with Crippen LogP contribution in [0.15, 0.2) is 23.1 Å². The number of nitrogens with two attached hydrogens (primary N) is 1. The van der Waals surface area contributed by atoms with Gasteiger partial charge in [-0.05, 0) is 38.0 Å². The van der Waals surface area contributed by atoms with Crippen molar-refractivity contribution in [3.05, 3.63) is 23.2 Å². The van der Waals surface area contributed by atoms with Crippen molar-refractivity contribution >= 4 is 34.0 Å². The number of halogens is 2. The zero-order chi connectivity index (χ0) is 15.6. The number of methoxy groups -OCH3 is 1. The van der Waals surface area contributed by atoms with Gasteiger partial charge in [0.2, 0.25) is 10.0 Å². The summed E-state index contributed by atoms with van der Waals surface area (Å²) in [6.45, 7) is 2.32. The monoisotopic (exact) mass is 368 g/mol. The molecule has 1 aromatic carbocycles. The predicted octanol–water partition coefficient (Wildman–Crippen LogP) is 2.66. The van der Waals surface area contributed by atoms with E-state index in [4.69, 9.17) is 22.1 Å². The molecule has 2 unspecified atom stereocenters. The van der Waals surface area contributed by atoms with Crippen LogP contribution in [0, 0.1) is 0 Å². The molecule has 1 saturated heterocycles. The molecule has 1 aromatic rings. The lowest BCUT2D eigenvalue weighted by molar-refractivity contribution is 0.226. The number of nitrogens with zero attached hydrogens (tertiary/aromatic N) is 1. The third kappa shape index (κ3) is 3.86. The maximum atomic E-state index is 13.0. The van der Waals surface area contributed by atoms with Crippen molar-refractivity contribution in [1.29, 1.82) is 0 Å². The Bertz CT molecular complexity index is 608. The summed E-state index contributed by atoms with van der Waals surface area (Å²) < 4.78 is 32.6. The minimum atomic E-state index is -3.68.